The molecule has 166 valence electrons. The van der Waals surface area contributed by atoms with E-state index in [1.54, 1.807) is 18.2 Å². The zero-order valence-electron chi connectivity index (χ0n) is 17.1. The molecule has 0 aliphatic carbocycles. The molecule has 0 saturated carbocycles. The highest BCUT2D eigenvalue weighted by molar-refractivity contribution is 7.89. The first-order valence-corrected chi connectivity index (χ1v) is 11.0. The van der Waals surface area contributed by atoms with Gasteiger partial charge in [0.2, 0.25) is 15.9 Å². The average molecular weight is 457 g/mol. The van der Waals surface area contributed by atoms with Crippen LogP contribution in [0.1, 0.15) is 11.1 Å². The maximum atomic E-state index is 13.3. The second-order valence-corrected chi connectivity index (χ2v) is 8.91. The lowest BCUT2D eigenvalue weighted by Crippen LogP contribution is -2.37. The number of nitrogens with zero attached hydrogens (tertiary/aromatic N) is 2. The first-order chi connectivity index (χ1) is 15.2. The number of carbonyl (C=O) groups is 1. The minimum absolute atomic E-state index is 0.00133. The lowest BCUT2D eigenvalue weighted by Gasteiger charge is -2.22. The molecule has 0 aromatic heterocycles. The number of sulfonamides is 1. The number of halogens is 1. The number of carbonyl (C=O) groups excluding carboxylic acids is 1. The van der Waals surface area contributed by atoms with Gasteiger partial charge in [0, 0.05) is 12.6 Å². The Morgan fingerprint density at radius 3 is 2.31 bits per heavy atom. The normalized spacial score (nSPS) is 11.3. The molecule has 0 radical (unpaired) electrons. The molecule has 0 fully saturated rings. The minimum Gasteiger partial charge on any atom is -0.324 e. The molecule has 1 N–H and O–H groups in total. The van der Waals surface area contributed by atoms with E-state index in [0.29, 0.717) is 5.56 Å². The molecule has 32 heavy (non-hydrogen) atoms. The molecule has 0 atom stereocenters. The van der Waals surface area contributed by atoms with Gasteiger partial charge in [-0.2, -0.15) is 4.31 Å². The van der Waals surface area contributed by atoms with E-state index in [9.17, 15) is 27.7 Å². The summed E-state index contributed by atoms with van der Waals surface area (Å²) in [5.74, 6) is -1.14. The Hall–Kier alpha value is -3.63. The molecule has 3 aromatic carbocycles. The molecular weight excluding hydrogens is 437 g/mol. The Kier molecular flexibility index (Phi) is 6.96. The van der Waals surface area contributed by atoms with Crippen molar-refractivity contribution in [2.45, 2.75) is 18.4 Å². The van der Waals surface area contributed by atoms with Gasteiger partial charge in [-0.1, -0.05) is 36.4 Å². The van der Waals surface area contributed by atoms with Crippen molar-refractivity contribution in [2.24, 2.45) is 0 Å². The number of hydrogen-bond acceptors (Lipinski definition) is 5. The topological polar surface area (TPSA) is 110 Å². The lowest BCUT2D eigenvalue weighted by atomic mass is 10.1. The molecule has 3 aromatic rings. The van der Waals surface area contributed by atoms with Crippen LogP contribution >= 0.6 is 0 Å². The van der Waals surface area contributed by atoms with Gasteiger partial charge in [0.05, 0.1) is 27.6 Å². The SMILES string of the molecule is Cc1c(NC(=O)CN(Cc2ccc(F)cc2)S(=O)(=O)c2ccccc2)cccc1[N+](=O)[O-]. The summed E-state index contributed by atoms with van der Waals surface area (Å²) in [5.41, 5.74) is 0.790. The van der Waals surface area contributed by atoms with Gasteiger partial charge in [0.25, 0.3) is 5.69 Å². The number of rotatable bonds is 8. The Balaban J connectivity index is 1.88. The molecule has 0 aliphatic heterocycles. The lowest BCUT2D eigenvalue weighted by molar-refractivity contribution is -0.385. The number of amides is 1. The fourth-order valence-corrected chi connectivity index (χ4v) is 4.47. The molecule has 0 spiro atoms. The standard InChI is InChI=1S/C22H20FN3O5S/c1-16-20(8-5-9-21(16)26(28)29)24-22(27)15-25(14-17-10-12-18(23)13-11-17)32(30,31)19-6-3-2-4-7-19/h2-13H,14-15H2,1H3,(H,24,27). The van der Waals surface area contributed by atoms with Crippen LogP contribution in [0.5, 0.6) is 0 Å². The van der Waals surface area contributed by atoms with Crippen molar-refractivity contribution in [3.63, 3.8) is 0 Å². The van der Waals surface area contributed by atoms with Gasteiger partial charge in [0.1, 0.15) is 5.82 Å². The number of benzene rings is 3. The first kappa shape index (κ1) is 23.0. The fourth-order valence-electron chi connectivity index (χ4n) is 3.07. The second kappa shape index (κ2) is 9.67. The van der Waals surface area contributed by atoms with Gasteiger partial charge in [0.15, 0.2) is 0 Å². The molecule has 3 rings (SSSR count). The van der Waals surface area contributed by atoms with Crippen LogP contribution in [0, 0.1) is 22.9 Å². The van der Waals surface area contributed by atoms with Gasteiger partial charge in [-0.05, 0) is 42.8 Å². The van der Waals surface area contributed by atoms with Crippen molar-refractivity contribution in [1.82, 2.24) is 4.31 Å². The number of nitrogens with one attached hydrogen (secondary N) is 1. The summed E-state index contributed by atoms with van der Waals surface area (Å²) in [5, 5.41) is 13.7. The first-order valence-electron chi connectivity index (χ1n) is 9.52. The fraction of sp³-hybridized carbons (Fsp3) is 0.136. The number of hydrogen-bond donors (Lipinski definition) is 1. The van der Waals surface area contributed by atoms with Crippen LogP contribution < -0.4 is 5.32 Å². The molecule has 0 aliphatic rings. The molecule has 0 saturated heterocycles. The summed E-state index contributed by atoms with van der Waals surface area (Å²) in [6, 6.07) is 17.1. The highest BCUT2D eigenvalue weighted by Crippen LogP contribution is 2.25. The maximum absolute atomic E-state index is 13.3. The second-order valence-electron chi connectivity index (χ2n) is 6.97. The van der Waals surface area contributed by atoms with Gasteiger partial charge >= 0.3 is 0 Å². The third kappa shape index (κ3) is 5.34. The number of nitro benzene ring substituents is 1. The average Bonchev–Trinajstić information content (AvgIpc) is 2.76. The Morgan fingerprint density at radius 1 is 1.03 bits per heavy atom. The minimum atomic E-state index is -4.06. The number of anilines is 1. The van der Waals surface area contributed by atoms with E-state index in [-0.39, 0.29) is 28.4 Å². The zero-order chi connectivity index (χ0) is 23.3. The summed E-state index contributed by atoms with van der Waals surface area (Å²) in [6.45, 7) is 0.778. The quantitative estimate of drug-likeness (QED) is 0.408. The van der Waals surface area contributed by atoms with Crippen molar-refractivity contribution in [3.05, 3.63) is 99.9 Å². The Labute approximate surface area is 184 Å². The van der Waals surface area contributed by atoms with Crippen LogP contribution in [0.25, 0.3) is 0 Å². The van der Waals surface area contributed by atoms with Crippen molar-refractivity contribution < 1.29 is 22.5 Å². The molecule has 0 unspecified atom stereocenters. The van der Waals surface area contributed by atoms with E-state index < -0.39 is 33.2 Å². The van der Waals surface area contributed by atoms with E-state index in [1.165, 1.54) is 61.5 Å². The predicted molar refractivity (Wildman–Crippen MR) is 117 cm³/mol. The summed E-state index contributed by atoms with van der Waals surface area (Å²) in [7, 11) is -4.06. The van der Waals surface area contributed by atoms with Crippen molar-refractivity contribution in [1.29, 1.82) is 0 Å². The highest BCUT2D eigenvalue weighted by atomic mass is 32.2. The van der Waals surface area contributed by atoms with Gasteiger partial charge in [-0.3, -0.25) is 14.9 Å². The van der Waals surface area contributed by atoms with Gasteiger partial charge < -0.3 is 5.32 Å². The molecular formula is C22H20FN3O5S. The van der Waals surface area contributed by atoms with Crippen LogP contribution in [0.15, 0.2) is 77.7 Å². The van der Waals surface area contributed by atoms with Crippen LogP contribution in [-0.4, -0.2) is 30.1 Å². The summed E-state index contributed by atoms with van der Waals surface area (Å²) in [6.07, 6.45) is 0. The summed E-state index contributed by atoms with van der Waals surface area (Å²) < 4.78 is 40.6. The zero-order valence-corrected chi connectivity index (χ0v) is 17.9. The van der Waals surface area contributed by atoms with Gasteiger partial charge in [-0.25, -0.2) is 12.8 Å². The molecule has 0 heterocycles. The third-order valence-corrected chi connectivity index (χ3v) is 6.56. The van der Waals surface area contributed by atoms with E-state index in [0.717, 1.165) is 4.31 Å². The van der Waals surface area contributed by atoms with E-state index >= 15 is 0 Å². The highest BCUT2D eigenvalue weighted by Gasteiger charge is 2.27. The molecule has 0 bridgehead atoms. The molecule has 1 amide bonds. The van der Waals surface area contributed by atoms with Gasteiger partial charge in [-0.15, -0.1) is 0 Å². The van der Waals surface area contributed by atoms with E-state index in [4.69, 9.17) is 0 Å². The summed E-state index contributed by atoms with van der Waals surface area (Å²) in [4.78, 5) is 23.3. The van der Waals surface area contributed by atoms with Crippen molar-refractivity contribution >= 4 is 27.3 Å². The smallest absolute Gasteiger partial charge is 0.274 e. The Morgan fingerprint density at radius 2 is 1.69 bits per heavy atom. The number of nitro groups is 1. The van der Waals surface area contributed by atoms with E-state index in [2.05, 4.69) is 5.32 Å². The third-order valence-electron chi connectivity index (χ3n) is 4.75. The van der Waals surface area contributed by atoms with Crippen LogP contribution in [0.2, 0.25) is 0 Å². The van der Waals surface area contributed by atoms with Crippen LogP contribution in [0.4, 0.5) is 15.8 Å². The Bertz CT molecular complexity index is 1230. The largest absolute Gasteiger partial charge is 0.324 e. The van der Waals surface area contributed by atoms with Crippen molar-refractivity contribution in [3.8, 4) is 0 Å². The maximum Gasteiger partial charge on any atom is 0.274 e. The molecule has 10 heteroatoms. The van der Waals surface area contributed by atoms with Crippen molar-refractivity contribution in [2.75, 3.05) is 11.9 Å². The molecule has 8 nitrogen and oxygen atoms in total. The van der Waals surface area contributed by atoms with Crippen LogP contribution in [0.3, 0.4) is 0 Å². The predicted octanol–water partition coefficient (Wildman–Crippen LogP) is 3.87. The summed E-state index contributed by atoms with van der Waals surface area (Å²) >= 11 is 0. The van der Waals surface area contributed by atoms with Crippen LogP contribution in [-0.2, 0) is 21.4 Å². The van der Waals surface area contributed by atoms with E-state index in [1.807, 2.05) is 0 Å². The monoisotopic (exact) mass is 457 g/mol.